The number of para-hydroxylation sites is 1. The van der Waals surface area contributed by atoms with E-state index >= 15 is 0 Å². The van der Waals surface area contributed by atoms with E-state index in [0.29, 0.717) is 44.3 Å². The van der Waals surface area contributed by atoms with Crippen molar-refractivity contribution < 1.29 is 48.9 Å². The Morgan fingerprint density at radius 2 is 1.59 bits per heavy atom. The third-order valence-electron chi connectivity index (χ3n) is 10.1. The Morgan fingerprint density at radius 1 is 0.875 bits per heavy atom. The smallest absolute Gasteiger partial charge is 0.328 e. The first-order chi connectivity index (χ1) is 26.7. The summed E-state index contributed by atoms with van der Waals surface area (Å²) in [5, 5.41) is 45.7. The van der Waals surface area contributed by atoms with Crippen molar-refractivity contribution in [1.82, 2.24) is 41.8 Å². The third kappa shape index (κ3) is 11.5. The summed E-state index contributed by atoms with van der Waals surface area (Å²) in [6.07, 6.45) is 3.53. The summed E-state index contributed by atoms with van der Waals surface area (Å²) >= 11 is 0. The van der Waals surface area contributed by atoms with Crippen molar-refractivity contribution in [2.75, 3.05) is 26.2 Å². The van der Waals surface area contributed by atoms with E-state index in [1.807, 2.05) is 24.3 Å². The number of H-pyrrole nitrogens is 1. The van der Waals surface area contributed by atoms with Crippen LogP contribution in [0.5, 0.6) is 0 Å². The molecule has 0 bridgehead atoms. The average Bonchev–Trinajstić information content (AvgIpc) is 3.97. The molecule has 2 saturated heterocycles. The van der Waals surface area contributed by atoms with Gasteiger partial charge in [-0.2, -0.15) is 0 Å². The highest BCUT2D eigenvalue weighted by Gasteiger charge is 2.40. The van der Waals surface area contributed by atoms with Gasteiger partial charge in [-0.05, 0) is 83.5 Å². The predicted octanol–water partition coefficient (Wildman–Crippen LogP) is -2.52. The van der Waals surface area contributed by atoms with Gasteiger partial charge in [0.15, 0.2) is 0 Å². The van der Waals surface area contributed by atoms with Gasteiger partial charge in [0.1, 0.15) is 36.3 Å². The summed E-state index contributed by atoms with van der Waals surface area (Å²) in [6.45, 7) is 3.02. The number of hydrogen-bond acceptors (Lipinski definition) is 11. The monoisotopic (exact) mass is 785 g/mol. The lowest BCUT2D eigenvalue weighted by Gasteiger charge is -2.31. The Balaban J connectivity index is 1.49. The minimum atomic E-state index is -1.59. The van der Waals surface area contributed by atoms with Gasteiger partial charge in [-0.3, -0.25) is 28.8 Å². The third-order valence-corrected chi connectivity index (χ3v) is 10.1. The fourth-order valence-corrected chi connectivity index (χ4v) is 6.94. The second-order valence-corrected chi connectivity index (χ2v) is 14.3. The summed E-state index contributed by atoms with van der Waals surface area (Å²) in [5.74, 6) is -5.51. The number of hydrogen-bond donors (Lipinski definition) is 11. The quantitative estimate of drug-likeness (QED) is 0.0621. The Bertz CT molecular complexity index is 1710. The number of amides is 6. The molecule has 12 N–H and O–H groups in total. The van der Waals surface area contributed by atoms with Gasteiger partial charge in [-0.1, -0.05) is 18.2 Å². The number of aliphatic hydroxyl groups is 2. The summed E-state index contributed by atoms with van der Waals surface area (Å²) in [6, 6.07) is -0.704. The highest BCUT2D eigenvalue weighted by molar-refractivity contribution is 5.98. The summed E-state index contributed by atoms with van der Waals surface area (Å²) in [5.41, 5.74) is 7.08. The minimum Gasteiger partial charge on any atom is -0.480 e. The second kappa shape index (κ2) is 20.7. The van der Waals surface area contributed by atoms with Crippen molar-refractivity contribution in [3.05, 3.63) is 36.0 Å². The molecule has 0 radical (unpaired) electrons. The van der Waals surface area contributed by atoms with E-state index in [2.05, 4.69) is 36.9 Å². The molecule has 2 aliphatic rings. The molecule has 1 aromatic heterocycles. The highest BCUT2D eigenvalue weighted by Crippen LogP contribution is 2.23. The summed E-state index contributed by atoms with van der Waals surface area (Å²) < 4.78 is 0. The fourth-order valence-electron chi connectivity index (χ4n) is 6.94. The number of aliphatic carboxylic acids is 1. The van der Waals surface area contributed by atoms with Crippen molar-refractivity contribution in [2.24, 2.45) is 5.73 Å². The number of aromatic nitrogens is 1. The molecule has 0 aliphatic carbocycles. The van der Waals surface area contributed by atoms with E-state index < -0.39 is 96.4 Å². The number of aliphatic hydroxyl groups excluding tert-OH is 2. The minimum absolute atomic E-state index is 0.00944. The standard InChI is InChI=1S/C37H55N9O10/c1-20(31(49)42-26(11-5-6-14-38)33(51)44-28(19-47)37(55)56)41-34(52)29-13-8-16-46(29)36(54)27(17-22-18-40-24-10-4-3-9-23(22)24)43-35(53)30(21(2)48)45-32(50)25-12-7-15-39-25/h3-4,9-10,18,20-21,25-30,39-40,47-48H,5-8,11-17,19,38H2,1-2H3,(H,41,52)(H,42,49)(H,43,53)(H,44,51)(H,45,50)(H,55,56)/t20-,21+,25-,26-,27-,28-,29-,30-/m0/s1. The molecule has 1 aromatic carbocycles. The van der Waals surface area contributed by atoms with E-state index in [-0.39, 0.29) is 25.8 Å². The van der Waals surface area contributed by atoms with Crippen LogP contribution in [-0.4, -0.2) is 141 Å². The lowest BCUT2D eigenvalue weighted by molar-refractivity contribution is -0.143. The number of carbonyl (C=O) groups is 7. The van der Waals surface area contributed by atoms with Crippen LogP contribution >= 0.6 is 0 Å². The summed E-state index contributed by atoms with van der Waals surface area (Å²) in [4.78, 5) is 96.7. The van der Waals surface area contributed by atoms with Crippen molar-refractivity contribution in [1.29, 1.82) is 0 Å². The molecular weight excluding hydrogens is 730 g/mol. The number of nitrogens with zero attached hydrogens (tertiary/aromatic N) is 1. The number of nitrogens with two attached hydrogens (primary N) is 1. The maximum Gasteiger partial charge on any atom is 0.328 e. The number of unbranched alkanes of at least 4 members (excludes halogenated alkanes) is 1. The molecule has 0 saturated carbocycles. The van der Waals surface area contributed by atoms with Crippen molar-refractivity contribution >= 4 is 52.3 Å². The molecule has 2 aromatic rings. The first-order valence-electron chi connectivity index (χ1n) is 19.1. The van der Waals surface area contributed by atoms with E-state index in [1.165, 1.54) is 18.7 Å². The number of carbonyl (C=O) groups excluding carboxylic acids is 6. The molecule has 19 nitrogen and oxygen atoms in total. The molecule has 4 rings (SSSR count). The van der Waals surface area contributed by atoms with E-state index in [1.54, 1.807) is 6.20 Å². The normalized spacial score (nSPS) is 19.9. The number of rotatable bonds is 20. The van der Waals surface area contributed by atoms with E-state index in [0.717, 1.165) is 17.3 Å². The molecule has 308 valence electrons. The van der Waals surface area contributed by atoms with Gasteiger partial charge in [-0.25, -0.2) is 4.79 Å². The predicted molar refractivity (Wildman–Crippen MR) is 202 cm³/mol. The molecule has 2 fully saturated rings. The molecule has 0 spiro atoms. The molecule has 6 amide bonds. The maximum atomic E-state index is 14.4. The van der Waals surface area contributed by atoms with Crippen LogP contribution in [0.4, 0.5) is 0 Å². The van der Waals surface area contributed by atoms with Crippen molar-refractivity contribution in [3.8, 4) is 0 Å². The molecule has 56 heavy (non-hydrogen) atoms. The zero-order valence-corrected chi connectivity index (χ0v) is 31.7. The van der Waals surface area contributed by atoms with Crippen LogP contribution in [-0.2, 0) is 40.0 Å². The Hall–Kier alpha value is -5.11. The zero-order valence-electron chi connectivity index (χ0n) is 31.7. The molecule has 3 heterocycles. The second-order valence-electron chi connectivity index (χ2n) is 14.3. The van der Waals surface area contributed by atoms with Gasteiger partial charge in [0.05, 0.1) is 18.8 Å². The Labute approximate surface area is 324 Å². The molecule has 19 heteroatoms. The molecule has 0 unspecified atom stereocenters. The van der Waals surface area contributed by atoms with Crippen LogP contribution in [0.25, 0.3) is 10.9 Å². The van der Waals surface area contributed by atoms with Crippen molar-refractivity contribution in [2.45, 2.75) is 114 Å². The SMILES string of the molecule is C[C@H](NC(=O)[C@@H]1CCCN1C(=O)[C@H](Cc1c[nH]c2ccccc12)NC(=O)[C@@H](NC(=O)[C@@H]1CCCN1)[C@@H](C)O)C(=O)N[C@@H](CCCCN)C(=O)N[C@@H](CO)C(=O)O. The van der Waals surface area contributed by atoms with Gasteiger partial charge < -0.3 is 62.8 Å². The first-order valence-corrected chi connectivity index (χ1v) is 19.1. The fraction of sp³-hybridized carbons (Fsp3) is 0.595. The van der Waals surface area contributed by atoms with Crippen LogP contribution < -0.4 is 37.6 Å². The first kappa shape index (κ1) is 43.6. The van der Waals surface area contributed by atoms with Gasteiger partial charge >= 0.3 is 5.97 Å². The topological polar surface area (TPSA) is 297 Å². The van der Waals surface area contributed by atoms with E-state index in [9.17, 15) is 48.9 Å². The molecule has 8 atom stereocenters. The lowest BCUT2D eigenvalue weighted by atomic mass is 10.0. The van der Waals surface area contributed by atoms with Crippen LogP contribution in [0.2, 0.25) is 0 Å². The molecular formula is C37H55N9O10. The Morgan fingerprint density at radius 3 is 2.25 bits per heavy atom. The lowest BCUT2D eigenvalue weighted by Crippen LogP contribution is -2.61. The average molecular weight is 786 g/mol. The van der Waals surface area contributed by atoms with E-state index in [4.69, 9.17) is 5.73 Å². The van der Waals surface area contributed by atoms with Crippen LogP contribution in [0.1, 0.15) is 64.4 Å². The zero-order chi connectivity index (χ0) is 40.9. The Kier molecular flexibility index (Phi) is 16.1. The largest absolute Gasteiger partial charge is 0.480 e. The number of nitrogens with one attached hydrogen (secondary N) is 7. The maximum absolute atomic E-state index is 14.4. The van der Waals surface area contributed by atoms with Gasteiger partial charge in [0, 0.05) is 30.1 Å². The number of carboxylic acids is 1. The van der Waals surface area contributed by atoms with Crippen LogP contribution in [0.3, 0.4) is 0 Å². The van der Waals surface area contributed by atoms with Crippen LogP contribution in [0.15, 0.2) is 30.5 Å². The highest BCUT2D eigenvalue weighted by atomic mass is 16.4. The van der Waals surface area contributed by atoms with Gasteiger partial charge in [-0.15, -0.1) is 0 Å². The number of likely N-dealkylation sites (tertiary alicyclic amines) is 1. The number of fused-ring (bicyclic) bond motifs is 1. The molecule has 2 aliphatic heterocycles. The van der Waals surface area contributed by atoms with Crippen LogP contribution in [0, 0.1) is 0 Å². The number of aromatic amines is 1. The van der Waals surface area contributed by atoms with Gasteiger partial charge in [0.25, 0.3) is 0 Å². The van der Waals surface area contributed by atoms with Gasteiger partial charge in [0.2, 0.25) is 35.4 Å². The number of benzene rings is 1. The number of carboxylic acid groups (broad SMARTS) is 1. The summed E-state index contributed by atoms with van der Waals surface area (Å²) in [7, 11) is 0. The van der Waals surface area contributed by atoms with Crippen molar-refractivity contribution in [3.63, 3.8) is 0 Å².